The largest absolute Gasteiger partial charge is 0.456 e. The van der Waals surface area contributed by atoms with E-state index in [1.165, 1.54) is 116 Å². The van der Waals surface area contributed by atoms with E-state index in [0.717, 1.165) is 76.8 Å². The number of fused-ring (bicyclic) bond motifs is 24. The maximum atomic E-state index is 6.59. The number of benzene rings is 16. The molecule has 0 aliphatic heterocycles. The van der Waals surface area contributed by atoms with Crippen LogP contribution in [0, 0.1) is 0 Å². The lowest BCUT2D eigenvalue weighted by atomic mass is 9.93. The second kappa shape index (κ2) is 24.7. The van der Waals surface area contributed by atoms with Gasteiger partial charge in [-0.25, -0.2) is 0 Å². The molecule has 4 aromatic heterocycles. The third-order valence-corrected chi connectivity index (χ3v) is 22.3. The van der Waals surface area contributed by atoms with Gasteiger partial charge in [0.2, 0.25) is 0 Å². The number of anilines is 5. The van der Waals surface area contributed by atoms with E-state index >= 15 is 0 Å². The van der Waals surface area contributed by atoms with Gasteiger partial charge in [-0.05, 0) is 221 Å². The van der Waals surface area contributed by atoms with E-state index < -0.39 is 0 Å². The Hall–Kier alpha value is -10.8. The molecule has 472 valence electrons. The number of rotatable bonds is 7. The third-order valence-electron chi connectivity index (χ3n) is 19.6. The summed E-state index contributed by atoms with van der Waals surface area (Å²) in [5, 5.41) is 28.5. The molecule has 20 aromatic rings. The Morgan fingerprint density at radius 3 is 1.09 bits per heavy atom. The number of nitrogens with one attached hydrogen (secondary N) is 1. The van der Waals surface area contributed by atoms with Crippen molar-refractivity contribution in [3.63, 3.8) is 0 Å². The Balaban J connectivity index is 0.000000121. The number of hydrogen-bond donors (Lipinski definition) is 1. The fourth-order valence-corrected chi connectivity index (χ4v) is 17.2. The highest BCUT2D eigenvalue weighted by molar-refractivity contribution is 9.10. The van der Waals surface area contributed by atoms with Crippen molar-refractivity contribution in [2.75, 3.05) is 10.2 Å². The molecule has 0 saturated carbocycles. The minimum atomic E-state index is 0. The smallest absolute Gasteiger partial charge is 0.136 e. The molecule has 0 saturated heterocycles. The van der Waals surface area contributed by atoms with E-state index in [1.54, 1.807) is 0 Å². The normalized spacial score (nSPS) is 11.8. The summed E-state index contributed by atoms with van der Waals surface area (Å²) in [7, 11) is 0. The number of thiophene rings is 2. The second-order valence-corrected chi connectivity index (χ2v) is 29.1. The van der Waals surface area contributed by atoms with Crippen LogP contribution in [0.5, 0.6) is 0 Å². The van der Waals surface area contributed by atoms with Crippen LogP contribution in [-0.4, -0.2) is 0 Å². The molecule has 4 heterocycles. The molecule has 0 aliphatic rings. The van der Waals surface area contributed by atoms with Gasteiger partial charge in [0, 0.05) is 94.8 Å². The predicted octanol–water partition coefficient (Wildman–Crippen LogP) is 29.4. The first-order chi connectivity index (χ1) is 47.6. The van der Waals surface area contributed by atoms with Crippen LogP contribution in [0.2, 0.25) is 0 Å². The molecule has 4 nitrogen and oxygen atoms in total. The first-order valence-corrected chi connectivity index (χ1v) is 35.7. The van der Waals surface area contributed by atoms with Crippen LogP contribution in [0.15, 0.2) is 304 Å². The van der Waals surface area contributed by atoms with Gasteiger partial charge >= 0.3 is 0 Å². The molecular weight excluding hydrogens is 1300 g/mol. The number of halogens is 1. The van der Waals surface area contributed by atoms with Crippen LogP contribution in [0.1, 0.15) is 58.1 Å². The van der Waals surface area contributed by atoms with Gasteiger partial charge in [0.1, 0.15) is 22.3 Å². The monoisotopic (exact) mass is 1360 g/mol. The van der Waals surface area contributed by atoms with Crippen LogP contribution >= 0.6 is 38.6 Å². The number of hydrogen-bond acceptors (Lipinski definition) is 6. The summed E-state index contributed by atoms with van der Waals surface area (Å²) in [6.45, 7) is 8.93. The van der Waals surface area contributed by atoms with Gasteiger partial charge < -0.3 is 19.1 Å². The lowest BCUT2D eigenvalue weighted by Gasteiger charge is -2.26. The lowest BCUT2D eigenvalue weighted by Crippen LogP contribution is -2.10. The summed E-state index contributed by atoms with van der Waals surface area (Å²) in [4.78, 5) is 2.39. The molecule has 0 amide bonds. The first-order valence-electron chi connectivity index (χ1n) is 33.2. The van der Waals surface area contributed by atoms with Crippen molar-refractivity contribution in [2.24, 2.45) is 0 Å². The molecule has 0 aliphatic carbocycles. The van der Waals surface area contributed by atoms with Crippen molar-refractivity contribution < 1.29 is 8.83 Å². The summed E-state index contributed by atoms with van der Waals surface area (Å²) in [5.41, 5.74) is 12.0. The van der Waals surface area contributed by atoms with Gasteiger partial charge in [0.15, 0.2) is 0 Å². The minimum absolute atomic E-state index is 0. The van der Waals surface area contributed by atoms with Gasteiger partial charge in [-0.1, -0.05) is 209 Å². The molecule has 0 atom stereocenters. The SMILES string of the molecule is Brc1ccc2oc3cc4c5ccccc5c5ccccc5c4cc3c2c1.C.CC(C)c1ccc(N(c2ccc3oc4cc5c6ccccc6c6ccccc6c5cc4c3c2)c2ccc3sc4ccccc4c3c2)cc1.CC(C)c1ccc(Nc2ccc3sc4ccccc4c3c2)cc1. The highest BCUT2D eigenvalue weighted by Crippen LogP contribution is 2.46. The Morgan fingerprint density at radius 2 is 0.612 bits per heavy atom. The molecule has 16 aromatic carbocycles. The maximum absolute atomic E-state index is 6.59. The van der Waals surface area contributed by atoms with E-state index in [-0.39, 0.29) is 7.43 Å². The third kappa shape index (κ3) is 10.6. The Labute approximate surface area is 584 Å². The number of furan rings is 2. The molecule has 0 bridgehead atoms. The van der Waals surface area contributed by atoms with Crippen LogP contribution < -0.4 is 10.2 Å². The van der Waals surface area contributed by atoms with Crippen LogP contribution in [0.25, 0.3) is 149 Å². The highest BCUT2D eigenvalue weighted by Gasteiger charge is 2.21. The fourth-order valence-electron chi connectivity index (χ4n) is 14.7. The predicted molar refractivity (Wildman–Crippen MR) is 432 cm³/mol. The fraction of sp³-hybridized carbons (Fsp3) is 0.0769. The summed E-state index contributed by atoms with van der Waals surface area (Å²) in [6, 6.07) is 105. The quantitative estimate of drug-likeness (QED) is 0.162. The summed E-state index contributed by atoms with van der Waals surface area (Å²) in [6.07, 6.45) is 0. The molecule has 98 heavy (non-hydrogen) atoms. The summed E-state index contributed by atoms with van der Waals surface area (Å²) >= 11 is 7.29. The van der Waals surface area contributed by atoms with Crippen molar-refractivity contribution in [1.82, 2.24) is 0 Å². The van der Waals surface area contributed by atoms with Crippen molar-refractivity contribution in [1.29, 1.82) is 0 Å². The summed E-state index contributed by atoms with van der Waals surface area (Å²) < 4.78 is 19.1. The van der Waals surface area contributed by atoms with Gasteiger partial charge in [0.25, 0.3) is 0 Å². The average Bonchev–Trinajstić information content (AvgIpc) is 1.31. The van der Waals surface area contributed by atoms with Crippen molar-refractivity contribution >= 4 is 216 Å². The van der Waals surface area contributed by atoms with Gasteiger partial charge in [-0.2, -0.15) is 0 Å². The van der Waals surface area contributed by atoms with Gasteiger partial charge in [-0.15, -0.1) is 22.7 Å². The van der Waals surface area contributed by atoms with Gasteiger partial charge in [-0.3, -0.25) is 0 Å². The molecule has 0 fully saturated rings. The zero-order valence-corrected chi connectivity index (χ0v) is 57.0. The second-order valence-electron chi connectivity index (χ2n) is 26.1. The lowest BCUT2D eigenvalue weighted by molar-refractivity contribution is 0.669. The summed E-state index contributed by atoms with van der Waals surface area (Å²) in [5.74, 6) is 1.04. The molecule has 1 N–H and O–H groups in total. The topological polar surface area (TPSA) is 41.6 Å². The van der Waals surface area contributed by atoms with E-state index in [0.29, 0.717) is 11.8 Å². The van der Waals surface area contributed by atoms with Gasteiger partial charge in [0.05, 0.1) is 0 Å². The van der Waals surface area contributed by atoms with Crippen LogP contribution in [0.3, 0.4) is 0 Å². The molecular formula is C91H67BrN2O2S2. The standard InChI is InChI=1S/C45H31NOS.C24H13BrO.C21H19NS.CH4/c1-27(2)28-15-17-29(18-16-28)46(31-20-22-45-41(24-31)36-13-7-8-14-44(36)48-45)30-19-21-42-39(23-30)40-25-37-34-11-5-3-9-32(34)33-10-4-6-12-35(33)38(37)26-43(40)47-42;25-14-9-10-23-21(11-14)22-12-19-17-7-3-1-5-15(17)16-6-2-4-8-18(16)20(19)13-24(22)26-23;1-14(2)15-7-9-16(10-8-15)22-17-11-12-21-19(13-17)18-5-3-4-6-20(18)23-21;/h3-27H,1-2H3;1-13H;3-14,22H,1-2H3;1H4. The van der Waals surface area contributed by atoms with Crippen molar-refractivity contribution in [3.05, 3.63) is 307 Å². The number of nitrogens with zero attached hydrogens (tertiary/aromatic N) is 1. The van der Waals surface area contributed by atoms with Crippen LogP contribution in [0.4, 0.5) is 28.4 Å². The Bertz CT molecular complexity index is 6510. The van der Waals surface area contributed by atoms with Crippen LogP contribution in [-0.2, 0) is 0 Å². The highest BCUT2D eigenvalue weighted by atomic mass is 79.9. The van der Waals surface area contributed by atoms with Crippen molar-refractivity contribution in [3.8, 4) is 0 Å². The van der Waals surface area contributed by atoms with Crippen molar-refractivity contribution in [2.45, 2.75) is 47.0 Å². The maximum Gasteiger partial charge on any atom is 0.136 e. The molecule has 0 unspecified atom stereocenters. The van der Waals surface area contributed by atoms with E-state index in [1.807, 2.05) is 34.8 Å². The molecule has 0 spiro atoms. The van der Waals surface area contributed by atoms with E-state index in [9.17, 15) is 0 Å². The molecule has 0 radical (unpaired) electrons. The zero-order chi connectivity index (χ0) is 65.0. The molecule has 20 rings (SSSR count). The zero-order valence-electron chi connectivity index (χ0n) is 53.8. The molecule has 7 heteroatoms. The average molecular weight is 1360 g/mol. The first kappa shape index (κ1) is 60.8. The van der Waals surface area contributed by atoms with E-state index in [2.05, 4.69) is 333 Å². The minimum Gasteiger partial charge on any atom is -0.456 e. The van der Waals surface area contributed by atoms with E-state index in [4.69, 9.17) is 8.83 Å². The Kier molecular flexibility index (Phi) is 15.3. The Morgan fingerprint density at radius 1 is 0.276 bits per heavy atom.